The predicted molar refractivity (Wildman–Crippen MR) is 76.7 cm³/mol. The Morgan fingerprint density at radius 3 is 2.25 bits per heavy atom. The summed E-state index contributed by atoms with van der Waals surface area (Å²) in [6.45, 7) is 0. The van der Waals surface area contributed by atoms with E-state index in [1.165, 1.54) is 19.2 Å². The third kappa shape index (κ3) is 3.14. The van der Waals surface area contributed by atoms with E-state index >= 15 is 0 Å². The SMILES string of the molecule is COc1ccc(C=Cc2ccc([N+](=O)[O-])cc2)cc1O. The molecule has 0 spiro atoms. The summed E-state index contributed by atoms with van der Waals surface area (Å²) in [5.74, 6) is 0.482. The third-order valence-corrected chi connectivity index (χ3v) is 2.78. The zero-order chi connectivity index (χ0) is 14.5. The lowest BCUT2D eigenvalue weighted by Crippen LogP contribution is -1.86. The standard InChI is InChI=1S/C15H13NO4/c1-20-15-9-6-12(10-14(15)17)3-2-11-4-7-13(8-5-11)16(18)19/h2-10,17H,1H3. The Labute approximate surface area is 115 Å². The van der Waals surface area contributed by atoms with Gasteiger partial charge in [-0.3, -0.25) is 10.1 Å². The van der Waals surface area contributed by atoms with E-state index in [0.717, 1.165) is 11.1 Å². The number of non-ortho nitro benzene ring substituents is 1. The Balaban J connectivity index is 2.16. The lowest BCUT2D eigenvalue weighted by atomic mass is 10.1. The molecule has 5 heteroatoms. The number of benzene rings is 2. The van der Waals surface area contributed by atoms with Crippen LogP contribution in [0.1, 0.15) is 11.1 Å². The van der Waals surface area contributed by atoms with Crippen LogP contribution in [-0.4, -0.2) is 17.1 Å². The molecule has 102 valence electrons. The van der Waals surface area contributed by atoms with E-state index in [1.807, 2.05) is 6.08 Å². The summed E-state index contributed by atoms with van der Waals surface area (Å²) in [5.41, 5.74) is 1.71. The molecule has 2 rings (SSSR count). The minimum atomic E-state index is -0.436. The molecule has 0 bridgehead atoms. The fraction of sp³-hybridized carbons (Fsp3) is 0.0667. The third-order valence-electron chi connectivity index (χ3n) is 2.78. The largest absolute Gasteiger partial charge is 0.504 e. The molecule has 0 saturated carbocycles. The second-order valence-electron chi connectivity index (χ2n) is 4.11. The van der Waals surface area contributed by atoms with Gasteiger partial charge in [0.15, 0.2) is 11.5 Å². The Bertz CT molecular complexity index is 647. The smallest absolute Gasteiger partial charge is 0.269 e. The number of hydrogen-bond acceptors (Lipinski definition) is 4. The van der Waals surface area contributed by atoms with Crippen molar-refractivity contribution in [3.63, 3.8) is 0 Å². The maximum atomic E-state index is 10.5. The number of nitrogens with zero attached hydrogens (tertiary/aromatic N) is 1. The second kappa shape index (κ2) is 5.88. The maximum absolute atomic E-state index is 10.5. The first kappa shape index (κ1) is 13.6. The van der Waals surface area contributed by atoms with Crippen LogP contribution in [0.25, 0.3) is 12.2 Å². The quantitative estimate of drug-likeness (QED) is 0.525. The number of phenolic OH excluding ortho intramolecular Hbond substituents is 1. The lowest BCUT2D eigenvalue weighted by molar-refractivity contribution is -0.384. The summed E-state index contributed by atoms with van der Waals surface area (Å²) < 4.78 is 4.96. The van der Waals surface area contributed by atoms with Crippen LogP contribution in [0.15, 0.2) is 42.5 Å². The molecule has 5 nitrogen and oxygen atoms in total. The summed E-state index contributed by atoms with van der Waals surface area (Å²) in [6, 6.07) is 11.3. The highest BCUT2D eigenvalue weighted by Gasteiger charge is 2.03. The van der Waals surface area contributed by atoms with Crippen molar-refractivity contribution in [1.82, 2.24) is 0 Å². The number of methoxy groups -OCH3 is 1. The van der Waals surface area contributed by atoms with Gasteiger partial charge in [-0.2, -0.15) is 0 Å². The summed E-state index contributed by atoms with van der Waals surface area (Å²) in [7, 11) is 1.49. The van der Waals surface area contributed by atoms with Gasteiger partial charge in [0.2, 0.25) is 0 Å². The van der Waals surface area contributed by atoms with Crippen molar-refractivity contribution in [2.24, 2.45) is 0 Å². The van der Waals surface area contributed by atoms with Crippen LogP contribution in [0, 0.1) is 10.1 Å². The van der Waals surface area contributed by atoms with Crippen molar-refractivity contribution in [3.8, 4) is 11.5 Å². The van der Waals surface area contributed by atoms with Gasteiger partial charge in [-0.05, 0) is 35.4 Å². The van der Waals surface area contributed by atoms with E-state index in [1.54, 1.807) is 36.4 Å². The molecule has 0 unspecified atom stereocenters. The van der Waals surface area contributed by atoms with E-state index in [2.05, 4.69) is 0 Å². The molecule has 0 aromatic heterocycles. The molecular formula is C15H13NO4. The van der Waals surface area contributed by atoms with E-state index in [0.29, 0.717) is 5.75 Å². The number of aromatic hydroxyl groups is 1. The molecule has 0 saturated heterocycles. The van der Waals surface area contributed by atoms with Gasteiger partial charge in [-0.15, -0.1) is 0 Å². The van der Waals surface area contributed by atoms with E-state index in [4.69, 9.17) is 4.74 Å². The van der Waals surface area contributed by atoms with Crippen LogP contribution < -0.4 is 4.74 Å². The molecule has 0 heterocycles. The van der Waals surface area contributed by atoms with Crippen LogP contribution >= 0.6 is 0 Å². The fourth-order valence-corrected chi connectivity index (χ4v) is 1.71. The van der Waals surface area contributed by atoms with Gasteiger partial charge in [0, 0.05) is 12.1 Å². The molecule has 1 N–H and O–H groups in total. The zero-order valence-corrected chi connectivity index (χ0v) is 10.8. The maximum Gasteiger partial charge on any atom is 0.269 e. The molecule has 0 atom stereocenters. The Hall–Kier alpha value is -2.82. The van der Waals surface area contributed by atoms with Gasteiger partial charge >= 0.3 is 0 Å². The Morgan fingerprint density at radius 1 is 1.10 bits per heavy atom. The highest BCUT2D eigenvalue weighted by Crippen LogP contribution is 2.27. The minimum absolute atomic E-state index is 0.0595. The summed E-state index contributed by atoms with van der Waals surface area (Å²) in [5, 5.41) is 20.2. The first-order chi connectivity index (χ1) is 9.60. The average molecular weight is 271 g/mol. The van der Waals surface area contributed by atoms with Crippen molar-refractivity contribution >= 4 is 17.8 Å². The summed E-state index contributed by atoms with van der Waals surface area (Å²) >= 11 is 0. The fourth-order valence-electron chi connectivity index (χ4n) is 1.71. The Morgan fingerprint density at radius 2 is 1.70 bits per heavy atom. The number of ether oxygens (including phenoxy) is 1. The zero-order valence-electron chi connectivity index (χ0n) is 10.8. The first-order valence-corrected chi connectivity index (χ1v) is 5.89. The molecule has 2 aromatic rings. The Kier molecular flexibility index (Phi) is 4.00. The van der Waals surface area contributed by atoms with E-state index in [-0.39, 0.29) is 11.4 Å². The number of hydrogen-bond donors (Lipinski definition) is 1. The number of nitro groups is 1. The highest BCUT2D eigenvalue weighted by molar-refractivity contribution is 5.71. The second-order valence-corrected chi connectivity index (χ2v) is 4.11. The molecular weight excluding hydrogens is 258 g/mol. The average Bonchev–Trinajstić information content (AvgIpc) is 2.45. The summed E-state index contributed by atoms with van der Waals surface area (Å²) in [4.78, 5) is 10.1. The normalized spacial score (nSPS) is 10.7. The minimum Gasteiger partial charge on any atom is -0.504 e. The van der Waals surface area contributed by atoms with Gasteiger partial charge in [-0.25, -0.2) is 0 Å². The lowest BCUT2D eigenvalue weighted by Gasteiger charge is -2.03. The number of phenols is 1. The molecule has 0 aliphatic carbocycles. The van der Waals surface area contributed by atoms with Crippen LogP contribution in [-0.2, 0) is 0 Å². The van der Waals surface area contributed by atoms with Crippen LogP contribution in [0.5, 0.6) is 11.5 Å². The topological polar surface area (TPSA) is 72.6 Å². The molecule has 20 heavy (non-hydrogen) atoms. The monoisotopic (exact) mass is 271 g/mol. The van der Waals surface area contributed by atoms with Gasteiger partial charge in [0.05, 0.1) is 12.0 Å². The summed E-state index contributed by atoms with van der Waals surface area (Å²) in [6.07, 6.45) is 3.62. The molecule has 0 amide bonds. The van der Waals surface area contributed by atoms with Crippen LogP contribution in [0.4, 0.5) is 5.69 Å². The molecule has 2 aromatic carbocycles. The van der Waals surface area contributed by atoms with Gasteiger partial charge in [0.25, 0.3) is 5.69 Å². The molecule has 0 fully saturated rings. The number of nitro benzene ring substituents is 1. The highest BCUT2D eigenvalue weighted by atomic mass is 16.6. The molecule has 0 radical (unpaired) electrons. The van der Waals surface area contributed by atoms with Crippen molar-refractivity contribution < 1.29 is 14.8 Å². The van der Waals surface area contributed by atoms with Gasteiger partial charge in [0.1, 0.15) is 0 Å². The van der Waals surface area contributed by atoms with Crippen LogP contribution in [0.2, 0.25) is 0 Å². The van der Waals surface area contributed by atoms with Crippen molar-refractivity contribution in [3.05, 3.63) is 63.7 Å². The van der Waals surface area contributed by atoms with Gasteiger partial charge in [-0.1, -0.05) is 18.2 Å². The van der Waals surface area contributed by atoms with Crippen molar-refractivity contribution in [1.29, 1.82) is 0 Å². The molecule has 0 aliphatic rings. The predicted octanol–water partition coefficient (Wildman–Crippen LogP) is 3.48. The van der Waals surface area contributed by atoms with Gasteiger partial charge < -0.3 is 9.84 Å². The molecule has 0 aliphatic heterocycles. The number of rotatable bonds is 4. The van der Waals surface area contributed by atoms with E-state index < -0.39 is 4.92 Å². The first-order valence-electron chi connectivity index (χ1n) is 5.89. The van der Waals surface area contributed by atoms with Crippen molar-refractivity contribution in [2.75, 3.05) is 7.11 Å². The van der Waals surface area contributed by atoms with Crippen molar-refractivity contribution in [2.45, 2.75) is 0 Å². The van der Waals surface area contributed by atoms with E-state index in [9.17, 15) is 15.2 Å². The van der Waals surface area contributed by atoms with Crippen LogP contribution in [0.3, 0.4) is 0 Å².